The molecule has 0 spiro atoms. The van der Waals surface area contributed by atoms with Gasteiger partial charge in [-0.2, -0.15) is 0 Å². The van der Waals surface area contributed by atoms with E-state index in [-0.39, 0.29) is 6.42 Å². The third kappa shape index (κ3) is 3.66. The van der Waals surface area contributed by atoms with Crippen LogP contribution in [0, 0.1) is 22.9 Å². The number of carbonyl (C=O) groups is 3. The molecule has 2 amide bonds. The summed E-state index contributed by atoms with van der Waals surface area (Å²) in [5.74, 6) is -7.20. The van der Waals surface area contributed by atoms with Gasteiger partial charge in [-0.05, 0) is 25.0 Å². The van der Waals surface area contributed by atoms with E-state index in [1.54, 1.807) is 0 Å². The Hall–Kier alpha value is -2.58. The molecule has 0 aromatic heterocycles. The van der Waals surface area contributed by atoms with Gasteiger partial charge in [0.15, 0.2) is 17.5 Å². The molecule has 1 aliphatic rings. The number of rotatable bonds is 6. The van der Waals surface area contributed by atoms with E-state index in [2.05, 4.69) is 5.32 Å². The minimum atomic E-state index is -1.72. The number of amides is 2. The fraction of sp³-hybridized carbons (Fsp3) is 0.400. The molecule has 24 heavy (non-hydrogen) atoms. The first kappa shape index (κ1) is 17.8. The number of hydrogen-bond donors (Lipinski definition) is 3. The molecule has 9 heteroatoms. The van der Waals surface area contributed by atoms with Gasteiger partial charge in [0, 0.05) is 6.42 Å². The van der Waals surface area contributed by atoms with Crippen LogP contribution in [-0.2, 0) is 14.4 Å². The van der Waals surface area contributed by atoms with Gasteiger partial charge in [0.1, 0.15) is 0 Å². The maximum absolute atomic E-state index is 13.4. The van der Waals surface area contributed by atoms with Crippen LogP contribution < -0.4 is 10.6 Å². The second kappa shape index (κ2) is 6.90. The van der Waals surface area contributed by atoms with E-state index in [1.807, 2.05) is 5.32 Å². The average molecular weight is 344 g/mol. The lowest BCUT2D eigenvalue weighted by Gasteiger charge is -2.36. The second-order valence-electron chi connectivity index (χ2n) is 5.66. The van der Waals surface area contributed by atoms with Crippen molar-refractivity contribution in [1.82, 2.24) is 5.32 Å². The summed E-state index contributed by atoms with van der Waals surface area (Å²) >= 11 is 0. The number of carboxylic acid groups (broad SMARTS) is 1. The van der Waals surface area contributed by atoms with Crippen LogP contribution in [0.15, 0.2) is 12.1 Å². The van der Waals surface area contributed by atoms with Crippen LogP contribution in [0.3, 0.4) is 0 Å². The first-order valence-corrected chi connectivity index (χ1v) is 7.18. The zero-order chi connectivity index (χ0) is 17.9. The van der Waals surface area contributed by atoms with Gasteiger partial charge in [0.25, 0.3) is 0 Å². The minimum Gasteiger partial charge on any atom is -0.481 e. The molecule has 0 heterocycles. The highest BCUT2D eigenvalue weighted by molar-refractivity contribution is 5.95. The van der Waals surface area contributed by atoms with Gasteiger partial charge in [-0.25, -0.2) is 13.2 Å². The molecule has 1 aromatic carbocycles. The zero-order valence-electron chi connectivity index (χ0n) is 12.5. The van der Waals surface area contributed by atoms with E-state index in [4.69, 9.17) is 5.11 Å². The first-order valence-electron chi connectivity index (χ1n) is 7.18. The Bertz CT molecular complexity index is 690. The molecule has 0 bridgehead atoms. The van der Waals surface area contributed by atoms with Crippen molar-refractivity contribution in [2.75, 3.05) is 11.9 Å². The Morgan fingerprint density at radius 1 is 1.08 bits per heavy atom. The number of nitrogens with one attached hydrogen (secondary N) is 2. The molecule has 0 radical (unpaired) electrons. The zero-order valence-corrected chi connectivity index (χ0v) is 12.5. The Labute approximate surface area is 135 Å². The fourth-order valence-electron chi connectivity index (χ4n) is 2.44. The van der Waals surface area contributed by atoms with Gasteiger partial charge < -0.3 is 15.7 Å². The molecule has 0 saturated heterocycles. The largest absolute Gasteiger partial charge is 0.481 e. The van der Waals surface area contributed by atoms with Crippen LogP contribution in [-0.4, -0.2) is 29.4 Å². The van der Waals surface area contributed by atoms with Gasteiger partial charge in [-0.15, -0.1) is 0 Å². The molecule has 130 valence electrons. The molecule has 1 saturated carbocycles. The van der Waals surface area contributed by atoms with E-state index < -0.39 is 52.9 Å². The van der Waals surface area contributed by atoms with Crippen molar-refractivity contribution in [3.05, 3.63) is 29.6 Å². The quantitative estimate of drug-likeness (QED) is 0.686. The highest BCUT2D eigenvalue weighted by Crippen LogP contribution is 2.44. The predicted octanol–water partition coefficient (Wildman–Crippen LogP) is 1.80. The van der Waals surface area contributed by atoms with Crippen molar-refractivity contribution >= 4 is 23.5 Å². The Morgan fingerprint density at radius 3 is 2.29 bits per heavy atom. The Morgan fingerprint density at radius 2 is 1.75 bits per heavy atom. The number of benzene rings is 1. The number of anilines is 1. The van der Waals surface area contributed by atoms with Crippen molar-refractivity contribution in [3.63, 3.8) is 0 Å². The van der Waals surface area contributed by atoms with Crippen molar-refractivity contribution in [1.29, 1.82) is 0 Å². The minimum absolute atomic E-state index is 0.255. The van der Waals surface area contributed by atoms with E-state index in [0.29, 0.717) is 18.9 Å². The SMILES string of the molecule is O=C(CC1(C(=O)O)CCC1)NCC(=O)Nc1ccc(F)c(F)c1F. The van der Waals surface area contributed by atoms with Crippen LogP contribution in [0.2, 0.25) is 0 Å². The maximum atomic E-state index is 13.4. The molecule has 1 fully saturated rings. The van der Waals surface area contributed by atoms with Crippen molar-refractivity contribution < 1.29 is 32.7 Å². The van der Waals surface area contributed by atoms with Gasteiger partial charge in [0.2, 0.25) is 11.8 Å². The van der Waals surface area contributed by atoms with Gasteiger partial charge in [-0.1, -0.05) is 6.42 Å². The smallest absolute Gasteiger partial charge is 0.310 e. The lowest BCUT2D eigenvalue weighted by Crippen LogP contribution is -2.43. The third-order valence-corrected chi connectivity index (χ3v) is 4.02. The summed E-state index contributed by atoms with van der Waals surface area (Å²) < 4.78 is 39.2. The molecule has 0 unspecified atom stereocenters. The topological polar surface area (TPSA) is 95.5 Å². The van der Waals surface area contributed by atoms with E-state index >= 15 is 0 Å². The molecule has 2 rings (SSSR count). The predicted molar refractivity (Wildman–Crippen MR) is 76.5 cm³/mol. The Kier molecular flexibility index (Phi) is 5.10. The summed E-state index contributed by atoms with van der Waals surface area (Å²) in [6.07, 6.45) is 1.24. The average Bonchev–Trinajstić information content (AvgIpc) is 2.49. The fourth-order valence-corrected chi connectivity index (χ4v) is 2.44. The van der Waals surface area contributed by atoms with Crippen LogP contribution in [0.25, 0.3) is 0 Å². The highest BCUT2D eigenvalue weighted by Gasteiger charge is 2.45. The summed E-state index contributed by atoms with van der Waals surface area (Å²) in [6, 6.07) is 1.50. The summed E-state index contributed by atoms with van der Waals surface area (Å²) in [7, 11) is 0. The van der Waals surface area contributed by atoms with Crippen LogP contribution in [0.4, 0.5) is 18.9 Å². The van der Waals surface area contributed by atoms with Crippen LogP contribution >= 0.6 is 0 Å². The lowest BCUT2D eigenvalue weighted by molar-refractivity contribution is -0.157. The standard InChI is InChI=1S/C15H15F3N2O4/c16-8-2-3-9(13(18)12(8)17)20-11(22)7-19-10(21)6-15(14(23)24)4-1-5-15/h2-3H,1,4-7H2,(H,19,21)(H,20,22)(H,23,24). The maximum Gasteiger partial charge on any atom is 0.310 e. The van der Waals surface area contributed by atoms with Crippen molar-refractivity contribution in [2.45, 2.75) is 25.7 Å². The number of carboxylic acids is 1. The molecular weight excluding hydrogens is 329 g/mol. The third-order valence-electron chi connectivity index (χ3n) is 4.02. The summed E-state index contributed by atoms with van der Waals surface area (Å²) in [5.41, 5.74) is -1.65. The summed E-state index contributed by atoms with van der Waals surface area (Å²) in [5, 5.41) is 13.3. The Balaban J connectivity index is 1.86. The van der Waals surface area contributed by atoms with Gasteiger partial charge in [-0.3, -0.25) is 14.4 Å². The van der Waals surface area contributed by atoms with Crippen LogP contribution in [0.5, 0.6) is 0 Å². The summed E-state index contributed by atoms with van der Waals surface area (Å²) in [4.78, 5) is 34.5. The van der Waals surface area contributed by atoms with Crippen molar-refractivity contribution in [3.8, 4) is 0 Å². The van der Waals surface area contributed by atoms with E-state index in [0.717, 1.165) is 12.5 Å². The van der Waals surface area contributed by atoms with Crippen LogP contribution in [0.1, 0.15) is 25.7 Å². The molecule has 6 nitrogen and oxygen atoms in total. The number of halogens is 3. The van der Waals surface area contributed by atoms with Gasteiger partial charge in [0.05, 0.1) is 17.6 Å². The molecule has 1 aliphatic carbocycles. The highest BCUT2D eigenvalue weighted by atomic mass is 19.2. The number of hydrogen-bond acceptors (Lipinski definition) is 3. The number of carbonyl (C=O) groups excluding carboxylic acids is 2. The molecule has 0 atom stereocenters. The lowest BCUT2D eigenvalue weighted by atomic mass is 9.66. The monoisotopic (exact) mass is 344 g/mol. The summed E-state index contributed by atoms with van der Waals surface area (Å²) in [6.45, 7) is -0.549. The molecular formula is C15H15F3N2O4. The second-order valence-corrected chi connectivity index (χ2v) is 5.66. The first-order chi connectivity index (χ1) is 11.2. The van der Waals surface area contributed by atoms with Gasteiger partial charge >= 0.3 is 5.97 Å². The normalized spacial score (nSPS) is 15.3. The number of aliphatic carboxylic acids is 1. The molecule has 0 aliphatic heterocycles. The van der Waals surface area contributed by atoms with Crippen molar-refractivity contribution in [2.24, 2.45) is 5.41 Å². The molecule has 1 aromatic rings. The van der Waals surface area contributed by atoms with E-state index in [1.165, 1.54) is 0 Å². The van der Waals surface area contributed by atoms with E-state index in [9.17, 15) is 27.6 Å². The molecule has 3 N–H and O–H groups in total.